The van der Waals surface area contributed by atoms with Crippen molar-refractivity contribution in [1.29, 1.82) is 0 Å². The molecule has 78 valence electrons. The largest absolute Gasteiger partial charge is 0.356 e. The second kappa shape index (κ2) is 4.70. The molecular formula is C11H13N3O. The molecule has 0 amide bonds. The van der Waals surface area contributed by atoms with Crippen molar-refractivity contribution >= 4 is 0 Å². The summed E-state index contributed by atoms with van der Waals surface area (Å²) in [6, 6.07) is 5.76. The molecule has 4 heteroatoms. The van der Waals surface area contributed by atoms with Crippen LogP contribution in [0.2, 0.25) is 0 Å². The molecule has 0 aliphatic carbocycles. The number of hydrogen-bond donors (Lipinski definition) is 1. The van der Waals surface area contributed by atoms with Gasteiger partial charge in [-0.1, -0.05) is 12.1 Å². The maximum absolute atomic E-state index is 5.22. The SMILES string of the molecule is CCNCc1cc(-c2cccnc2)on1. The zero-order chi connectivity index (χ0) is 10.5. The second-order valence-corrected chi connectivity index (χ2v) is 3.20. The molecule has 0 aliphatic rings. The molecule has 0 fully saturated rings. The Morgan fingerprint density at radius 2 is 2.40 bits per heavy atom. The minimum Gasteiger partial charge on any atom is -0.356 e. The molecule has 4 nitrogen and oxygen atoms in total. The number of nitrogens with zero attached hydrogens (tertiary/aromatic N) is 2. The van der Waals surface area contributed by atoms with Gasteiger partial charge in [-0.2, -0.15) is 0 Å². The van der Waals surface area contributed by atoms with Crippen LogP contribution in [0.25, 0.3) is 11.3 Å². The lowest BCUT2D eigenvalue weighted by Crippen LogP contribution is -2.11. The first-order chi connectivity index (χ1) is 7.40. The molecule has 2 aromatic heterocycles. The molecule has 0 saturated heterocycles. The van der Waals surface area contributed by atoms with Crippen LogP contribution in [0.1, 0.15) is 12.6 Å². The van der Waals surface area contributed by atoms with Gasteiger partial charge in [-0.15, -0.1) is 0 Å². The van der Waals surface area contributed by atoms with E-state index in [1.165, 1.54) is 0 Å². The van der Waals surface area contributed by atoms with Gasteiger partial charge in [-0.3, -0.25) is 4.98 Å². The van der Waals surface area contributed by atoms with E-state index in [4.69, 9.17) is 4.52 Å². The number of pyridine rings is 1. The van der Waals surface area contributed by atoms with Crippen molar-refractivity contribution < 1.29 is 4.52 Å². The van der Waals surface area contributed by atoms with Crippen molar-refractivity contribution in [2.75, 3.05) is 6.54 Å². The summed E-state index contributed by atoms with van der Waals surface area (Å²) in [5.41, 5.74) is 1.86. The lowest BCUT2D eigenvalue weighted by atomic mass is 10.2. The van der Waals surface area contributed by atoms with E-state index in [0.717, 1.165) is 30.1 Å². The van der Waals surface area contributed by atoms with E-state index in [0.29, 0.717) is 0 Å². The molecule has 1 N–H and O–H groups in total. The number of rotatable bonds is 4. The molecule has 0 aromatic carbocycles. The quantitative estimate of drug-likeness (QED) is 0.823. The number of nitrogens with one attached hydrogen (secondary N) is 1. The van der Waals surface area contributed by atoms with Crippen molar-refractivity contribution in [3.8, 4) is 11.3 Å². The fourth-order valence-electron chi connectivity index (χ4n) is 1.29. The monoisotopic (exact) mass is 203 g/mol. The summed E-state index contributed by atoms with van der Waals surface area (Å²) >= 11 is 0. The minimum atomic E-state index is 0.736. The van der Waals surface area contributed by atoms with Gasteiger partial charge in [0.25, 0.3) is 0 Å². The van der Waals surface area contributed by atoms with Gasteiger partial charge < -0.3 is 9.84 Å². The third kappa shape index (κ3) is 2.41. The van der Waals surface area contributed by atoms with E-state index in [2.05, 4.69) is 22.4 Å². The number of hydrogen-bond acceptors (Lipinski definition) is 4. The molecule has 2 rings (SSSR count). The van der Waals surface area contributed by atoms with Crippen molar-refractivity contribution in [3.05, 3.63) is 36.3 Å². The van der Waals surface area contributed by atoms with E-state index < -0.39 is 0 Å². The molecule has 0 bridgehead atoms. The topological polar surface area (TPSA) is 51.0 Å². The number of aromatic nitrogens is 2. The van der Waals surface area contributed by atoms with Crippen LogP contribution in [0.15, 0.2) is 35.1 Å². The molecule has 2 aromatic rings. The highest BCUT2D eigenvalue weighted by molar-refractivity contribution is 5.55. The smallest absolute Gasteiger partial charge is 0.168 e. The van der Waals surface area contributed by atoms with Crippen LogP contribution in [-0.4, -0.2) is 16.7 Å². The Hall–Kier alpha value is -1.68. The highest BCUT2D eigenvalue weighted by Crippen LogP contribution is 2.18. The zero-order valence-electron chi connectivity index (χ0n) is 8.60. The summed E-state index contributed by atoms with van der Waals surface area (Å²) in [4.78, 5) is 4.03. The Balaban J connectivity index is 2.14. The predicted octanol–water partition coefficient (Wildman–Crippen LogP) is 1.85. The third-order valence-electron chi connectivity index (χ3n) is 2.06. The van der Waals surface area contributed by atoms with Gasteiger partial charge in [-0.25, -0.2) is 0 Å². The van der Waals surface area contributed by atoms with Crippen molar-refractivity contribution in [2.45, 2.75) is 13.5 Å². The third-order valence-corrected chi connectivity index (χ3v) is 2.06. The van der Waals surface area contributed by atoms with Gasteiger partial charge in [-0.05, 0) is 18.7 Å². The van der Waals surface area contributed by atoms with Gasteiger partial charge in [0.1, 0.15) is 0 Å². The lowest BCUT2D eigenvalue weighted by molar-refractivity contribution is 0.420. The van der Waals surface area contributed by atoms with Crippen LogP contribution in [0.4, 0.5) is 0 Å². The summed E-state index contributed by atoms with van der Waals surface area (Å²) < 4.78 is 5.22. The van der Waals surface area contributed by atoms with E-state index in [1.54, 1.807) is 12.4 Å². The van der Waals surface area contributed by atoms with Crippen LogP contribution >= 0.6 is 0 Å². The van der Waals surface area contributed by atoms with Gasteiger partial charge in [0, 0.05) is 30.6 Å². The summed E-state index contributed by atoms with van der Waals surface area (Å²) in [7, 11) is 0. The maximum atomic E-state index is 5.22. The second-order valence-electron chi connectivity index (χ2n) is 3.20. The fourth-order valence-corrected chi connectivity index (χ4v) is 1.29. The summed E-state index contributed by atoms with van der Waals surface area (Å²) in [5.74, 6) is 0.760. The van der Waals surface area contributed by atoms with E-state index >= 15 is 0 Å². The Morgan fingerprint density at radius 1 is 1.47 bits per heavy atom. The van der Waals surface area contributed by atoms with Crippen molar-refractivity contribution in [2.24, 2.45) is 0 Å². The van der Waals surface area contributed by atoms with Gasteiger partial charge >= 0.3 is 0 Å². The Labute approximate surface area is 88.3 Å². The molecule has 15 heavy (non-hydrogen) atoms. The van der Waals surface area contributed by atoms with Gasteiger partial charge in [0.05, 0.1) is 5.69 Å². The normalized spacial score (nSPS) is 10.5. The van der Waals surface area contributed by atoms with Crippen LogP contribution in [0, 0.1) is 0 Å². The lowest BCUT2D eigenvalue weighted by Gasteiger charge is -1.93. The Kier molecular flexibility index (Phi) is 3.09. The summed E-state index contributed by atoms with van der Waals surface area (Å²) in [5, 5.41) is 7.16. The van der Waals surface area contributed by atoms with Crippen LogP contribution in [-0.2, 0) is 6.54 Å². The average molecular weight is 203 g/mol. The first-order valence-electron chi connectivity index (χ1n) is 4.97. The van der Waals surface area contributed by atoms with E-state index in [1.807, 2.05) is 18.2 Å². The fraction of sp³-hybridized carbons (Fsp3) is 0.273. The minimum absolute atomic E-state index is 0.736. The van der Waals surface area contributed by atoms with E-state index in [9.17, 15) is 0 Å². The van der Waals surface area contributed by atoms with Gasteiger partial charge in [0.2, 0.25) is 0 Å². The first-order valence-corrected chi connectivity index (χ1v) is 4.97. The standard InChI is InChI=1S/C11H13N3O/c1-2-12-8-10-6-11(15-14-10)9-4-3-5-13-7-9/h3-7,12H,2,8H2,1H3. The molecule has 0 atom stereocenters. The molecular weight excluding hydrogens is 190 g/mol. The summed E-state index contributed by atoms with van der Waals surface area (Å²) in [6.07, 6.45) is 3.50. The van der Waals surface area contributed by atoms with Crippen molar-refractivity contribution in [1.82, 2.24) is 15.5 Å². The highest BCUT2D eigenvalue weighted by Gasteiger charge is 2.05. The molecule has 0 saturated carbocycles. The first kappa shape index (κ1) is 9.86. The molecule has 0 radical (unpaired) electrons. The van der Waals surface area contributed by atoms with Crippen LogP contribution < -0.4 is 5.32 Å². The van der Waals surface area contributed by atoms with Gasteiger partial charge in [0.15, 0.2) is 5.76 Å². The maximum Gasteiger partial charge on any atom is 0.168 e. The Bertz CT molecular complexity index is 411. The van der Waals surface area contributed by atoms with Crippen LogP contribution in [0.5, 0.6) is 0 Å². The van der Waals surface area contributed by atoms with Crippen LogP contribution in [0.3, 0.4) is 0 Å². The molecule has 0 unspecified atom stereocenters. The average Bonchev–Trinajstić information content (AvgIpc) is 2.76. The Morgan fingerprint density at radius 3 is 3.13 bits per heavy atom. The van der Waals surface area contributed by atoms with E-state index in [-0.39, 0.29) is 0 Å². The zero-order valence-corrected chi connectivity index (χ0v) is 8.60. The molecule has 0 spiro atoms. The highest BCUT2D eigenvalue weighted by atomic mass is 16.5. The molecule has 0 aliphatic heterocycles. The summed E-state index contributed by atoms with van der Waals surface area (Å²) in [6.45, 7) is 3.72. The predicted molar refractivity (Wildman–Crippen MR) is 57.1 cm³/mol. The molecule has 2 heterocycles. The van der Waals surface area contributed by atoms with Crippen molar-refractivity contribution in [3.63, 3.8) is 0 Å².